The number of rotatable bonds is 7. The summed E-state index contributed by atoms with van der Waals surface area (Å²) in [6.07, 6.45) is -1.72. The molecule has 0 radical (unpaired) electrons. The molecule has 3 rings (SSSR count). The first-order valence-corrected chi connectivity index (χ1v) is 9.71. The van der Waals surface area contributed by atoms with E-state index >= 15 is 0 Å². The Morgan fingerprint density at radius 3 is 2.41 bits per heavy atom. The first kappa shape index (κ1) is 21.4. The van der Waals surface area contributed by atoms with Crippen molar-refractivity contribution in [3.8, 4) is 0 Å². The van der Waals surface area contributed by atoms with Crippen molar-refractivity contribution >= 4 is 5.91 Å². The maximum atomic E-state index is 13.0. The topological polar surface area (TPSA) is 37.7 Å². The van der Waals surface area contributed by atoms with Gasteiger partial charge in [-0.3, -0.25) is 9.69 Å². The van der Waals surface area contributed by atoms with Crippen LogP contribution in [-0.2, 0) is 24.5 Å². The van der Waals surface area contributed by atoms with Crippen LogP contribution in [0.1, 0.15) is 28.0 Å². The van der Waals surface area contributed by atoms with E-state index in [4.69, 9.17) is 4.74 Å². The standard InChI is InChI=1S/C21H26F3N3O2/c1-25-9-2-4-19(25)16-27(11-3-10-26-12-14-29-15-13-26)20(28)17-5-7-18(8-6-17)21(22,23)24/h2,4-9H,3,10-16H2,1H3. The quantitative estimate of drug-likeness (QED) is 0.704. The van der Waals surface area contributed by atoms with Gasteiger partial charge in [-0.1, -0.05) is 0 Å². The van der Waals surface area contributed by atoms with Gasteiger partial charge in [0.25, 0.3) is 5.91 Å². The normalized spacial score (nSPS) is 15.4. The molecule has 0 spiro atoms. The van der Waals surface area contributed by atoms with Crippen LogP contribution in [0.5, 0.6) is 0 Å². The highest BCUT2D eigenvalue weighted by Crippen LogP contribution is 2.29. The smallest absolute Gasteiger partial charge is 0.379 e. The summed E-state index contributed by atoms with van der Waals surface area (Å²) in [6, 6.07) is 8.28. The lowest BCUT2D eigenvalue weighted by Gasteiger charge is -2.28. The van der Waals surface area contributed by atoms with Crippen LogP contribution < -0.4 is 0 Å². The molecular weight excluding hydrogens is 383 g/mol. The minimum Gasteiger partial charge on any atom is -0.379 e. The third kappa shape index (κ3) is 5.83. The number of nitrogens with zero attached hydrogens (tertiary/aromatic N) is 3. The molecule has 0 N–H and O–H groups in total. The molecule has 2 heterocycles. The van der Waals surface area contributed by atoms with Crippen LogP contribution in [-0.4, -0.2) is 59.7 Å². The molecule has 5 nitrogen and oxygen atoms in total. The Morgan fingerprint density at radius 1 is 1.14 bits per heavy atom. The number of benzene rings is 1. The molecule has 8 heteroatoms. The van der Waals surface area contributed by atoms with Crippen molar-refractivity contribution in [3.05, 3.63) is 59.4 Å². The fourth-order valence-corrected chi connectivity index (χ4v) is 3.40. The molecular formula is C21H26F3N3O2. The number of aryl methyl sites for hydroxylation is 1. The third-order valence-electron chi connectivity index (χ3n) is 5.16. The summed E-state index contributed by atoms with van der Waals surface area (Å²) in [5.41, 5.74) is 0.477. The van der Waals surface area contributed by atoms with Gasteiger partial charge in [0.05, 0.1) is 25.3 Å². The summed E-state index contributed by atoms with van der Waals surface area (Å²) in [7, 11) is 1.91. The number of carbonyl (C=O) groups excluding carboxylic acids is 1. The number of ether oxygens (including phenoxy) is 1. The Bertz CT molecular complexity index is 796. The van der Waals surface area contributed by atoms with Gasteiger partial charge in [0.2, 0.25) is 0 Å². The maximum absolute atomic E-state index is 13.0. The molecule has 1 fully saturated rings. The van der Waals surface area contributed by atoms with Crippen LogP contribution in [0.25, 0.3) is 0 Å². The van der Waals surface area contributed by atoms with E-state index in [-0.39, 0.29) is 11.5 Å². The molecule has 1 aliphatic heterocycles. The van der Waals surface area contributed by atoms with Gasteiger partial charge in [0.1, 0.15) is 0 Å². The number of hydrogen-bond donors (Lipinski definition) is 0. The van der Waals surface area contributed by atoms with Crippen molar-refractivity contribution in [2.45, 2.75) is 19.1 Å². The van der Waals surface area contributed by atoms with Crippen LogP contribution in [0.15, 0.2) is 42.6 Å². The summed E-state index contributed by atoms with van der Waals surface area (Å²) in [5, 5.41) is 0. The van der Waals surface area contributed by atoms with Crippen molar-refractivity contribution in [2.75, 3.05) is 39.4 Å². The lowest BCUT2D eigenvalue weighted by atomic mass is 10.1. The SMILES string of the molecule is Cn1cccc1CN(CCCN1CCOCC1)C(=O)c1ccc(C(F)(F)F)cc1. The van der Waals surface area contributed by atoms with Crippen molar-refractivity contribution in [3.63, 3.8) is 0 Å². The van der Waals surface area contributed by atoms with E-state index in [0.29, 0.717) is 13.1 Å². The zero-order valence-electron chi connectivity index (χ0n) is 16.5. The lowest BCUT2D eigenvalue weighted by Crippen LogP contribution is -2.39. The van der Waals surface area contributed by atoms with Crippen molar-refractivity contribution < 1.29 is 22.7 Å². The second-order valence-electron chi connectivity index (χ2n) is 7.22. The van der Waals surface area contributed by atoms with Crippen LogP contribution in [0.2, 0.25) is 0 Å². The van der Waals surface area contributed by atoms with Crippen LogP contribution in [0, 0.1) is 0 Å². The molecule has 0 unspecified atom stereocenters. The number of carbonyl (C=O) groups is 1. The Hall–Kier alpha value is -2.32. The number of hydrogen-bond acceptors (Lipinski definition) is 3. The molecule has 0 atom stereocenters. The zero-order valence-corrected chi connectivity index (χ0v) is 16.5. The molecule has 0 aliphatic carbocycles. The van der Waals surface area contributed by atoms with Crippen molar-refractivity contribution in [2.24, 2.45) is 7.05 Å². The van der Waals surface area contributed by atoms with E-state index in [1.54, 1.807) is 4.90 Å². The highest BCUT2D eigenvalue weighted by atomic mass is 19.4. The van der Waals surface area contributed by atoms with E-state index in [1.165, 1.54) is 12.1 Å². The van der Waals surface area contributed by atoms with Gasteiger partial charge in [-0.25, -0.2) is 0 Å². The molecule has 1 saturated heterocycles. The predicted octanol–water partition coefficient (Wildman–Crippen LogP) is 3.41. The molecule has 1 amide bonds. The van der Waals surface area contributed by atoms with E-state index in [0.717, 1.165) is 57.1 Å². The fraction of sp³-hybridized carbons (Fsp3) is 0.476. The van der Waals surface area contributed by atoms with Crippen LogP contribution >= 0.6 is 0 Å². The van der Waals surface area contributed by atoms with Gasteiger partial charge in [-0.05, 0) is 42.8 Å². The largest absolute Gasteiger partial charge is 0.416 e. The van der Waals surface area contributed by atoms with Crippen molar-refractivity contribution in [1.29, 1.82) is 0 Å². The van der Waals surface area contributed by atoms with E-state index < -0.39 is 11.7 Å². The maximum Gasteiger partial charge on any atom is 0.416 e. The van der Waals surface area contributed by atoms with E-state index in [2.05, 4.69) is 4.90 Å². The van der Waals surface area contributed by atoms with Crippen molar-refractivity contribution in [1.82, 2.24) is 14.4 Å². The monoisotopic (exact) mass is 409 g/mol. The van der Waals surface area contributed by atoms with E-state index in [9.17, 15) is 18.0 Å². The molecule has 158 valence electrons. The third-order valence-corrected chi connectivity index (χ3v) is 5.16. The summed E-state index contributed by atoms with van der Waals surface area (Å²) in [4.78, 5) is 17.0. The van der Waals surface area contributed by atoms with Gasteiger partial charge >= 0.3 is 6.18 Å². The lowest BCUT2D eigenvalue weighted by molar-refractivity contribution is -0.137. The molecule has 2 aromatic rings. The van der Waals surface area contributed by atoms with Gasteiger partial charge in [-0.15, -0.1) is 0 Å². The second-order valence-corrected chi connectivity index (χ2v) is 7.22. The molecule has 1 aliphatic rings. The first-order chi connectivity index (χ1) is 13.8. The van der Waals surface area contributed by atoms with Gasteiger partial charge in [0, 0.05) is 50.7 Å². The van der Waals surface area contributed by atoms with Crippen LogP contribution in [0.4, 0.5) is 13.2 Å². The molecule has 29 heavy (non-hydrogen) atoms. The zero-order chi connectivity index (χ0) is 20.9. The fourth-order valence-electron chi connectivity index (χ4n) is 3.40. The Labute approximate surface area is 168 Å². The Morgan fingerprint density at radius 2 is 1.83 bits per heavy atom. The summed E-state index contributed by atoms with van der Waals surface area (Å²) >= 11 is 0. The average Bonchev–Trinajstić information content (AvgIpc) is 3.11. The average molecular weight is 409 g/mol. The predicted molar refractivity (Wildman–Crippen MR) is 103 cm³/mol. The number of halogens is 3. The molecule has 1 aromatic carbocycles. The summed E-state index contributed by atoms with van der Waals surface area (Å²) < 4.78 is 45.7. The highest BCUT2D eigenvalue weighted by molar-refractivity contribution is 5.94. The molecule has 0 saturated carbocycles. The minimum absolute atomic E-state index is 0.262. The van der Waals surface area contributed by atoms with Gasteiger partial charge in [0.15, 0.2) is 0 Å². The minimum atomic E-state index is -4.41. The number of aromatic nitrogens is 1. The second kappa shape index (κ2) is 9.45. The number of alkyl halides is 3. The summed E-state index contributed by atoms with van der Waals surface area (Å²) in [5.74, 6) is -0.262. The number of morpholine rings is 1. The van der Waals surface area contributed by atoms with Crippen LogP contribution in [0.3, 0.4) is 0 Å². The van der Waals surface area contributed by atoms with E-state index in [1.807, 2.05) is 29.9 Å². The Kier molecular flexibility index (Phi) is 6.97. The highest BCUT2D eigenvalue weighted by Gasteiger charge is 2.30. The van der Waals surface area contributed by atoms with Gasteiger partial charge < -0.3 is 14.2 Å². The molecule has 0 bridgehead atoms. The summed E-state index contributed by atoms with van der Waals surface area (Å²) in [6.45, 7) is 4.99. The number of amides is 1. The first-order valence-electron chi connectivity index (χ1n) is 9.71. The molecule has 1 aromatic heterocycles. The van der Waals surface area contributed by atoms with Gasteiger partial charge in [-0.2, -0.15) is 13.2 Å². The Balaban J connectivity index is 1.69.